The first kappa shape index (κ1) is 31.3. The van der Waals surface area contributed by atoms with E-state index in [1.807, 2.05) is 0 Å². The van der Waals surface area contributed by atoms with E-state index in [4.69, 9.17) is 14.2 Å². The van der Waals surface area contributed by atoms with Gasteiger partial charge >= 0.3 is 11.9 Å². The van der Waals surface area contributed by atoms with Crippen LogP contribution < -0.4 is 0 Å². The number of ketones is 1. The van der Waals surface area contributed by atoms with E-state index in [0.29, 0.717) is 18.3 Å². The fourth-order valence-electron chi connectivity index (χ4n) is 11.9. The molecule has 1 heterocycles. The molecule has 0 radical (unpaired) electrons. The van der Waals surface area contributed by atoms with E-state index in [2.05, 4.69) is 54.5 Å². The van der Waals surface area contributed by atoms with Crippen LogP contribution in [0.3, 0.4) is 0 Å². The van der Waals surface area contributed by atoms with Crippen LogP contribution >= 0.6 is 0 Å². The summed E-state index contributed by atoms with van der Waals surface area (Å²) in [6.07, 6.45) is 12.5. The molecule has 0 aromatic rings. The molecule has 5 aliphatic carbocycles. The second kappa shape index (κ2) is 10.2. The van der Waals surface area contributed by atoms with Gasteiger partial charge in [-0.05, 0) is 117 Å². The number of allylic oxidation sites excluding steroid dienone is 2. The summed E-state index contributed by atoms with van der Waals surface area (Å²) in [5.41, 5.74) is 0.270. The van der Waals surface area contributed by atoms with E-state index < -0.39 is 5.41 Å². The average Bonchev–Trinajstić information content (AvgIpc) is 3.45. The van der Waals surface area contributed by atoms with Gasteiger partial charge in [-0.25, -0.2) is 0 Å². The fourth-order valence-corrected chi connectivity index (χ4v) is 11.9. The van der Waals surface area contributed by atoms with Crippen molar-refractivity contribution in [1.29, 1.82) is 0 Å². The number of rotatable bonds is 4. The van der Waals surface area contributed by atoms with E-state index in [1.165, 1.54) is 12.5 Å². The molecule has 6 aliphatic rings. The summed E-state index contributed by atoms with van der Waals surface area (Å²) in [4.78, 5) is 40.2. The molecule has 0 unspecified atom stereocenters. The first-order chi connectivity index (χ1) is 20.0. The van der Waals surface area contributed by atoms with E-state index in [9.17, 15) is 14.4 Å². The van der Waals surface area contributed by atoms with Crippen molar-refractivity contribution in [2.24, 2.45) is 50.2 Å². The van der Waals surface area contributed by atoms with Gasteiger partial charge in [-0.1, -0.05) is 47.1 Å². The molecule has 1 aliphatic heterocycles. The summed E-state index contributed by atoms with van der Waals surface area (Å²) < 4.78 is 17.5. The molecular weight excluding hydrogens is 540 g/mol. The SMILES string of the molecule is CC(=O)O[C@@H]1CC[C@]2(C)[C@H](CC[C@]3(C)[C@@H]2C(=O)C=C2[C@H]4C[C@@](C)(C(=O)OC[C@@H]5CCCO5)CC[C@]4(C)CC[C@@]23C)C1(C)C. The van der Waals surface area contributed by atoms with Crippen LogP contribution in [-0.2, 0) is 28.6 Å². The summed E-state index contributed by atoms with van der Waals surface area (Å²) in [7, 11) is 0. The molecule has 0 aromatic heterocycles. The Hall–Kier alpha value is -1.69. The third kappa shape index (κ3) is 4.53. The highest BCUT2D eigenvalue weighted by Crippen LogP contribution is 2.75. The van der Waals surface area contributed by atoms with Crippen molar-refractivity contribution in [2.45, 2.75) is 138 Å². The smallest absolute Gasteiger partial charge is 0.311 e. The lowest BCUT2D eigenvalue weighted by Crippen LogP contribution is -2.66. The highest BCUT2D eigenvalue weighted by atomic mass is 16.6. The lowest BCUT2D eigenvalue weighted by molar-refractivity contribution is -0.210. The molecule has 1 saturated heterocycles. The Morgan fingerprint density at radius 1 is 0.930 bits per heavy atom. The summed E-state index contributed by atoms with van der Waals surface area (Å²) in [5, 5.41) is 0. The van der Waals surface area contributed by atoms with E-state index in [0.717, 1.165) is 77.2 Å². The normalized spacial score (nSPS) is 48.6. The Balaban J connectivity index is 1.32. The van der Waals surface area contributed by atoms with Crippen LogP contribution in [0.25, 0.3) is 0 Å². The molecule has 0 aromatic carbocycles. The second-order valence-corrected chi connectivity index (χ2v) is 17.4. The Morgan fingerprint density at radius 3 is 2.33 bits per heavy atom. The molecule has 6 heteroatoms. The second-order valence-electron chi connectivity index (χ2n) is 17.4. The Labute approximate surface area is 259 Å². The van der Waals surface area contributed by atoms with Gasteiger partial charge < -0.3 is 14.2 Å². The third-order valence-corrected chi connectivity index (χ3v) is 14.7. The van der Waals surface area contributed by atoms with Gasteiger partial charge in [0.25, 0.3) is 0 Å². The number of ether oxygens (including phenoxy) is 3. The third-order valence-electron chi connectivity index (χ3n) is 14.7. The molecule has 10 atom stereocenters. The Bertz CT molecular complexity index is 1210. The van der Waals surface area contributed by atoms with Gasteiger partial charge in [-0.2, -0.15) is 0 Å². The molecule has 6 nitrogen and oxygen atoms in total. The minimum Gasteiger partial charge on any atom is -0.463 e. The molecule has 0 spiro atoms. The standard InChI is InChI=1S/C37H56O6/c1-23(38)43-29-12-13-35(6)28(32(29,2)3)11-14-37(8)30(35)27(39)20-25-26-21-34(5,31(40)42-22-24-10-9-19-41-24)16-15-33(26,4)17-18-36(25,37)7/h20,24,26,28-30H,9-19,21-22H2,1-8H3/t24-,26+,28+,29+,30+,33+,34-,35+,36-,37+/m0/s1. The van der Waals surface area contributed by atoms with Crippen LogP contribution in [0.5, 0.6) is 0 Å². The summed E-state index contributed by atoms with van der Waals surface area (Å²) in [6, 6.07) is 0. The maximum absolute atomic E-state index is 14.6. The van der Waals surface area contributed by atoms with Crippen LogP contribution in [-0.4, -0.2) is 43.1 Å². The van der Waals surface area contributed by atoms with Crippen molar-refractivity contribution in [2.75, 3.05) is 13.2 Å². The van der Waals surface area contributed by atoms with Crippen molar-refractivity contribution in [1.82, 2.24) is 0 Å². The average molecular weight is 597 g/mol. The number of carbonyl (C=O) groups is 3. The molecular formula is C37H56O6. The molecule has 0 N–H and O–H groups in total. The molecule has 0 bridgehead atoms. The predicted octanol–water partition coefficient (Wildman–Crippen LogP) is 7.62. The highest BCUT2D eigenvalue weighted by molar-refractivity contribution is 5.95. The van der Waals surface area contributed by atoms with Crippen molar-refractivity contribution in [3.63, 3.8) is 0 Å². The summed E-state index contributed by atoms with van der Waals surface area (Å²) in [5.74, 6) is 0.440. The maximum atomic E-state index is 14.6. The van der Waals surface area contributed by atoms with Gasteiger partial charge in [0.15, 0.2) is 5.78 Å². The van der Waals surface area contributed by atoms with Gasteiger partial charge in [0.2, 0.25) is 0 Å². The zero-order valence-electron chi connectivity index (χ0n) is 28.1. The topological polar surface area (TPSA) is 78.9 Å². The van der Waals surface area contributed by atoms with E-state index in [-0.39, 0.29) is 63.1 Å². The van der Waals surface area contributed by atoms with Gasteiger partial charge in [-0.3, -0.25) is 14.4 Å². The van der Waals surface area contributed by atoms with Crippen LogP contribution in [0.15, 0.2) is 11.6 Å². The molecule has 6 rings (SSSR count). The Morgan fingerprint density at radius 2 is 1.65 bits per heavy atom. The zero-order chi connectivity index (χ0) is 31.2. The number of hydrogen-bond acceptors (Lipinski definition) is 6. The number of esters is 2. The molecule has 240 valence electrons. The zero-order valence-corrected chi connectivity index (χ0v) is 28.1. The van der Waals surface area contributed by atoms with Crippen molar-refractivity contribution in [3.05, 3.63) is 11.6 Å². The molecule has 5 fully saturated rings. The molecule has 0 amide bonds. The molecule has 4 saturated carbocycles. The monoisotopic (exact) mass is 596 g/mol. The van der Waals surface area contributed by atoms with Gasteiger partial charge in [0.05, 0.1) is 11.5 Å². The highest BCUT2D eigenvalue weighted by Gasteiger charge is 2.70. The van der Waals surface area contributed by atoms with Crippen LogP contribution in [0.4, 0.5) is 0 Å². The summed E-state index contributed by atoms with van der Waals surface area (Å²) >= 11 is 0. The number of carbonyl (C=O) groups excluding carboxylic acids is 3. The first-order valence-corrected chi connectivity index (χ1v) is 17.2. The number of fused-ring (bicyclic) bond motifs is 7. The number of hydrogen-bond donors (Lipinski definition) is 0. The minimum absolute atomic E-state index is 0.0282. The van der Waals surface area contributed by atoms with Crippen LogP contribution in [0, 0.1) is 50.2 Å². The summed E-state index contributed by atoms with van der Waals surface area (Å²) in [6.45, 7) is 18.9. The quantitative estimate of drug-likeness (QED) is 0.311. The van der Waals surface area contributed by atoms with Gasteiger partial charge in [0, 0.05) is 24.9 Å². The van der Waals surface area contributed by atoms with Crippen molar-refractivity contribution in [3.8, 4) is 0 Å². The lowest BCUT2D eigenvalue weighted by atomic mass is 9.33. The van der Waals surface area contributed by atoms with Crippen molar-refractivity contribution >= 4 is 17.7 Å². The first-order valence-electron chi connectivity index (χ1n) is 17.2. The van der Waals surface area contributed by atoms with Crippen LogP contribution in [0.2, 0.25) is 0 Å². The van der Waals surface area contributed by atoms with Gasteiger partial charge in [0.1, 0.15) is 12.7 Å². The maximum Gasteiger partial charge on any atom is 0.311 e. The largest absolute Gasteiger partial charge is 0.463 e. The van der Waals surface area contributed by atoms with E-state index >= 15 is 0 Å². The predicted molar refractivity (Wildman–Crippen MR) is 165 cm³/mol. The lowest BCUT2D eigenvalue weighted by Gasteiger charge is -2.70. The van der Waals surface area contributed by atoms with Gasteiger partial charge in [-0.15, -0.1) is 0 Å². The van der Waals surface area contributed by atoms with E-state index in [1.54, 1.807) is 0 Å². The molecule has 43 heavy (non-hydrogen) atoms. The van der Waals surface area contributed by atoms with Crippen LogP contribution in [0.1, 0.15) is 126 Å². The Kier molecular flexibility index (Phi) is 7.39. The van der Waals surface area contributed by atoms with Crippen molar-refractivity contribution < 1.29 is 28.6 Å². The fraction of sp³-hybridized carbons (Fsp3) is 0.865. The minimum atomic E-state index is -0.550.